The lowest BCUT2D eigenvalue weighted by atomic mass is 10.0. The van der Waals surface area contributed by atoms with Gasteiger partial charge in [-0.25, -0.2) is 0 Å². The van der Waals surface area contributed by atoms with Crippen molar-refractivity contribution in [1.82, 2.24) is 10.2 Å². The molecule has 17 heavy (non-hydrogen) atoms. The summed E-state index contributed by atoms with van der Waals surface area (Å²) in [4.78, 5) is 0. The molecule has 1 N–H and O–H groups in total. The molecule has 2 bridgehead atoms. The minimum absolute atomic E-state index is 0.215. The van der Waals surface area contributed by atoms with Gasteiger partial charge in [0.05, 0.1) is 0 Å². The standard InChI is InChI=1S/C12H16ClN3O/c1-5(13)11-15-16-12(17-11)14-10-8-6-2-3-7(4-6)9(8)10/h5-10H,2-4H2,1H3,(H,14,16). The van der Waals surface area contributed by atoms with E-state index in [1.807, 2.05) is 6.92 Å². The van der Waals surface area contributed by atoms with Crippen molar-refractivity contribution in [2.24, 2.45) is 23.7 Å². The Balaban J connectivity index is 1.45. The van der Waals surface area contributed by atoms with E-state index in [-0.39, 0.29) is 5.38 Å². The molecule has 0 amide bonds. The number of hydrogen-bond donors (Lipinski definition) is 1. The van der Waals surface area contributed by atoms with Crippen LogP contribution in [0.25, 0.3) is 0 Å². The van der Waals surface area contributed by atoms with E-state index in [1.54, 1.807) is 0 Å². The maximum Gasteiger partial charge on any atom is 0.315 e. The van der Waals surface area contributed by atoms with Gasteiger partial charge in [0, 0.05) is 6.04 Å². The summed E-state index contributed by atoms with van der Waals surface area (Å²) < 4.78 is 5.49. The molecular weight excluding hydrogens is 238 g/mol. The molecule has 0 aromatic carbocycles. The van der Waals surface area contributed by atoms with Crippen molar-refractivity contribution < 1.29 is 4.42 Å². The Hall–Kier alpha value is -0.770. The molecule has 4 rings (SSSR count). The largest absolute Gasteiger partial charge is 0.406 e. The van der Waals surface area contributed by atoms with Crippen molar-refractivity contribution >= 4 is 17.6 Å². The second-order valence-corrected chi connectivity index (χ2v) is 6.37. The van der Waals surface area contributed by atoms with Crippen LogP contribution < -0.4 is 5.32 Å². The van der Waals surface area contributed by atoms with Crippen LogP contribution >= 0.6 is 11.6 Å². The molecule has 5 unspecified atom stereocenters. The summed E-state index contributed by atoms with van der Waals surface area (Å²) >= 11 is 5.90. The molecule has 3 saturated carbocycles. The highest BCUT2D eigenvalue weighted by molar-refractivity contribution is 6.20. The van der Waals surface area contributed by atoms with Gasteiger partial charge >= 0.3 is 6.01 Å². The van der Waals surface area contributed by atoms with Crippen LogP contribution in [-0.2, 0) is 0 Å². The van der Waals surface area contributed by atoms with Crippen molar-refractivity contribution in [3.63, 3.8) is 0 Å². The Kier molecular flexibility index (Phi) is 2.02. The van der Waals surface area contributed by atoms with Crippen LogP contribution in [-0.4, -0.2) is 16.2 Å². The van der Waals surface area contributed by atoms with E-state index in [0.29, 0.717) is 17.9 Å². The fourth-order valence-corrected chi connectivity index (χ4v) is 4.20. The van der Waals surface area contributed by atoms with E-state index in [9.17, 15) is 0 Å². The average Bonchev–Trinajstić information content (AvgIpc) is 2.76. The van der Waals surface area contributed by atoms with E-state index >= 15 is 0 Å². The van der Waals surface area contributed by atoms with Crippen molar-refractivity contribution in [3.8, 4) is 0 Å². The lowest BCUT2D eigenvalue weighted by Crippen LogP contribution is -2.12. The van der Waals surface area contributed by atoms with Gasteiger partial charge in [-0.2, -0.15) is 0 Å². The van der Waals surface area contributed by atoms with E-state index in [1.165, 1.54) is 19.3 Å². The summed E-state index contributed by atoms with van der Waals surface area (Å²) in [5, 5.41) is 11.1. The van der Waals surface area contributed by atoms with Crippen LogP contribution in [0.2, 0.25) is 0 Å². The third-order valence-electron chi connectivity index (χ3n) is 4.81. The summed E-state index contributed by atoms with van der Waals surface area (Å²) in [6.07, 6.45) is 4.32. The first-order valence-corrected chi connectivity index (χ1v) is 6.91. The third kappa shape index (κ3) is 1.43. The van der Waals surface area contributed by atoms with Crippen LogP contribution in [0.1, 0.15) is 37.5 Å². The summed E-state index contributed by atoms with van der Waals surface area (Å²) in [5.74, 6) is 4.16. The summed E-state index contributed by atoms with van der Waals surface area (Å²) in [6.45, 7) is 1.84. The fourth-order valence-electron chi connectivity index (χ4n) is 4.11. The normalized spacial score (nSPS) is 43.5. The number of nitrogens with one attached hydrogen (secondary N) is 1. The lowest BCUT2D eigenvalue weighted by Gasteiger charge is -2.08. The number of anilines is 1. The zero-order valence-corrected chi connectivity index (χ0v) is 10.5. The zero-order chi connectivity index (χ0) is 11.6. The Labute approximate surface area is 105 Å². The van der Waals surface area contributed by atoms with E-state index in [4.69, 9.17) is 16.0 Å². The van der Waals surface area contributed by atoms with Crippen LogP contribution in [0, 0.1) is 23.7 Å². The smallest absolute Gasteiger partial charge is 0.315 e. The molecule has 4 nitrogen and oxygen atoms in total. The van der Waals surface area contributed by atoms with E-state index in [0.717, 1.165) is 23.7 Å². The van der Waals surface area contributed by atoms with Gasteiger partial charge < -0.3 is 9.73 Å². The molecule has 0 saturated heterocycles. The SMILES string of the molecule is CC(Cl)c1nnc(NC2C3C4CCC(C4)C23)o1. The van der Waals surface area contributed by atoms with Crippen molar-refractivity contribution in [1.29, 1.82) is 0 Å². The first-order chi connectivity index (χ1) is 8.24. The second-order valence-electron chi connectivity index (χ2n) is 5.72. The van der Waals surface area contributed by atoms with Gasteiger partial charge in [-0.1, -0.05) is 5.10 Å². The molecule has 92 valence electrons. The van der Waals surface area contributed by atoms with Crippen molar-refractivity contribution in [2.75, 3.05) is 5.32 Å². The van der Waals surface area contributed by atoms with Crippen LogP contribution in [0.3, 0.4) is 0 Å². The first kappa shape index (κ1) is 10.2. The first-order valence-electron chi connectivity index (χ1n) is 6.48. The fraction of sp³-hybridized carbons (Fsp3) is 0.833. The summed E-state index contributed by atoms with van der Waals surface area (Å²) in [7, 11) is 0. The zero-order valence-electron chi connectivity index (χ0n) is 9.77. The van der Waals surface area contributed by atoms with Gasteiger partial charge in [-0.05, 0) is 49.9 Å². The number of alkyl halides is 1. The van der Waals surface area contributed by atoms with Crippen molar-refractivity contribution in [3.05, 3.63) is 5.89 Å². The van der Waals surface area contributed by atoms with Gasteiger partial charge in [-0.15, -0.1) is 16.7 Å². The number of fused-ring (bicyclic) bond motifs is 5. The molecule has 5 heteroatoms. The molecule has 1 aromatic heterocycles. The highest BCUT2D eigenvalue weighted by atomic mass is 35.5. The van der Waals surface area contributed by atoms with Crippen LogP contribution in [0.5, 0.6) is 0 Å². The lowest BCUT2D eigenvalue weighted by molar-refractivity contribution is 0.456. The molecule has 0 aliphatic heterocycles. The molecule has 0 radical (unpaired) electrons. The minimum atomic E-state index is -0.215. The Morgan fingerprint density at radius 3 is 2.59 bits per heavy atom. The molecule has 3 aliphatic rings. The highest BCUT2D eigenvalue weighted by Crippen LogP contribution is 2.66. The maximum absolute atomic E-state index is 5.90. The number of rotatable bonds is 3. The topological polar surface area (TPSA) is 51.0 Å². The summed E-state index contributed by atoms with van der Waals surface area (Å²) in [6, 6.07) is 1.13. The molecule has 3 fully saturated rings. The Morgan fingerprint density at radius 1 is 1.29 bits per heavy atom. The monoisotopic (exact) mass is 253 g/mol. The minimum Gasteiger partial charge on any atom is -0.406 e. The average molecular weight is 254 g/mol. The number of hydrogen-bond acceptors (Lipinski definition) is 4. The second kappa shape index (κ2) is 3.37. The molecule has 0 spiro atoms. The predicted molar refractivity (Wildman–Crippen MR) is 63.8 cm³/mol. The van der Waals surface area contributed by atoms with Gasteiger partial charge in [0.2, 0.25) is 5.89 Å². The molecule has 5 atom stereocenters. The predicted octanol–water partition coefficient (Wildman–Crippen LogP) is 2.83. The maximum atomic E-state index is 5.90. The Bertz CT molecular complexity index is 431. The van der Waals surface area contributed by atoms with Gasteiger partial charge in [0.15, 0.2) is 0 Å². The van der Waals surface area contributed by atoms with Gasteiger partial charge in [0.25, 0.3) is 0 Å². The van der Waals surface area contributed by atoms with Crippen LogP contribution in [0.4, 0.5) is 6.01 Å². The molecule has 1 aromatic rings. The third-order valence-corrected chi connectivity index (χ3v) is 4.99. The van der Waals surface area contributed by atoms with Crippen molar-refractivity contribution in [2.45, 2.75) is 37.6 Å². The van der Waals surface area contributed by atoms with Crippen LogP contribution in [0.15, 0.2) is 4.42 Å². The number of aromatic nitrogens is 2. The van der Waals surface area contributed by atoms with E-state index in [2.05, 4.69) is 15.5 Å². The highest BCUT2D eigenvalue weighted by Gasteiger charge is 2.65. The molecular formula is C12H16ClN3O. The number of nitrogens with zero attached hydrogens (tertiary/aromatic N) is 2. The Morgan fingerprint density at radius 2 is 2.00 bits per heavy atom. The van der Waals surface area contributed by atoms with Gasteiger partial charge in [0.1, 0.15) is 5.38 Å². The summed E-state index contributed by atoms with van der Waals surface area (Å²) in [5.41, 5.74) is 0. The number of halogens is 1. The quantitative estimate of drug-likeness (QED) is 0.842. The van der Waals surface area contributed by atoms with Gasteiger partial charge in [-0.3, -0.25) is 0 Å². The van der Waals surface area contributed by atoms with E-state index < -0.39 is 0 Å². The molecule has 3 aliphatic carbocycles. The molecule has 1 heterocycles.